The normalized spacial score (nSPS) is 14.1. The predicted octanol–water partition coefficient (Wildman–Crippen LogP) is 10.3. The summed E-state index contributed by atoms with van der Waals surface area (Å²) in [5.74, 6) is -0.982. The molecular formula is C43H36O6P+. The number of rotatable bonds is 15. The van der Waals surface area contributed by atoms with Crippen molar-refractivity contribution in [2.24, 2.45) is 0 Å². The Bertz CT molecular complexity index is 1760. The highest BCUT2D eigenvalue weighted by Gasteiger charge is 2.52. The van der Waals surface area contributed by atoms with Crippen molar-refractivity contribution in [2.75, 3.05) is 6.66 Å². The fourth-order valence-corrected chi connectivity index (χ4v) is 7.52. The Morgan fingerprint density at radius 2 is 0.560 bits per heavy atom. The second-order valence-electron chi connectivity index (χ2n) is 11.7. The molecular weight excluding hydrogens is 643 g/mol. The Kier molecular flexibility index (Phi) is 11.3. The van der Waals surface area contributed by atoms with Crippen molar-refractivity contribution in [3.05, 3.63) is 215 Å². The van der Waals surface area contributed by atoms with Gasteiger partial charge in [0.05, 0.1) is 0 Å². The third-order valence-corrected chi connectivity index (χ3v) is 9.87. The summed E-state index contributed by atoms with van der Waals surface area (Å²) in [6.07, 6.45) is -3.57. The van der Waals surface area contributed by atoms with Crippen LogP contribution in [-0.4, -0.2) is 24.0 Å². The lowest BCUT2D eigenvalue weighted by atomic mass is 10.0. The zero-order valence-electron chi connectivity index (χ0n) is 27.4. The number of carbonyl (C=O) groups excluding carboxylic acids is 3. The molecule has 0 aliphatic carbocycles. The predicted molar refractivity (Wildman–Crippen MR) is 196 cm³/mol. The summed E-state index contributed by atoms with van der Waals surface area (Å²) in [4.78, 5) is 42.9. The summed E-state index contributed by atoms with van der Waals surface area (Å²) >= 11 is 0. The van der Waals surface area contributed by atoms with E-state index in [9.17, 15) is 14.4 Å². The van der Waals surface area contributed by atoms with Crippen LogP contribution in [0.2, 0.25) is 0 Å². The molecule has 0 radical (unpaired) electrons. The zero-order chi connectivity index (χ0) is 34.8. The van der Waals surface area contributed by atoms with Crippen molar-refractivity contribution in [1.29, 1.82) is 0 Å². The first kappa shape index (κ1) is 34.5. The van der Waals surface area contributed by atoms with Crippen molar-refractivity contribution in [3.63, 3.8) is 0 Å². The van der Waals surface area contributed by atoms with E-state index in [0.717, 1.165) is 0 Å². The summed E-state index contributed by atoms with van der Waals surface area (Å²) < 4.78 is 20.5. The topological polar surface area (TPSA) is 78.9 Å². The molecule has 0 heterocycles. The van der Waals surface area contributed by atoms with Crippen LogP contribution in [0.3, 0.4) is 0 Å². The highest BCUT2D eigenvalue weighted by atomic mass is 31.2. The molecule has 0 fully saturated rings. The van der Waals surface area contributed by atoms with Gasteiger partial charge < -0.3 is 0 Å². The monoisotopic (exact) mass is 679 g/mol. The first-order chi connectivity index (χ1) is 24.4. The molecule has 0 aromatic heterocycles. The van der Waals surface area contributed by atoms with Gasteiger partial charge in [0.15, 0.2) is 18.3 Å². The number of hydrogen-bond donors (Lipinski definition) is 0. The molecule has 0 aliphatic heterocycles. The third kappa shape index (κ3) is 8.43. The Balaban J connectivity index is 1.49. The maximum atomic E-state index is 14.3. The molecule has 0 aliphatic rings. The van der Waals surface area contributed by atoms with Gasteiger partial charge in [-0.25, -0.2) is 0 Å². The van der Waals surface area contributed by atoms with E-state index in [1.807, 2.05) is 72.8 Å². The SMILES string of the molecule is C[P+](OC(C(=O)c1ccccc1)c1ccccc1)(OC(C(=O)c1ccccc1)c1ccccc1)OC(C(=O)c1ccccc1)c1ccccc1. The van der Waals surface area contributed by atoms with E-state index in [1.165, 1.54) is 0 Å². The van der Waals surface area contributed by atoms with Crippen LogP contribution in [0.15, 0.2) is 182 Å². The first-order valence-corrected chi connectivity index (χ1v) is 18.3. The molecule has 0 bridgehead atoms. The second-order valence-corrected chi connectivity index (χ2v) is 13.8. The number of carbonyl (C=O) groups is 3. The maximum absolute atomic E-state index is 14.3. The minimum atomic E-state index is -3.82. The molecule has 0 amide bonds. The molecule has 6 rings (SSSR count). The first-order valence-electron chi connectivity index (χ1n) is 16.3. The van der Waals surface area contributed by atoms with Gasteiger partial charge in [0.25, 0.3) is 0 Å². The third-order valence-electron chi connectivity index (χ3n) is 8.09. The van der Waals surface area contributed by atoms with Gasteiger partial charge in [-0.05, 0) is 16.7 Å². The summed E-state index contributed by atoms with van der Waals surface area (Å²) in [5, 5.41) is 0. The van der Waals surface area contributed by atoms with E-state index >= 15 is 0 Å². The average Bonchev–Trinajstić information content (AvgIpc) is 3.19. The van der Waals surface area contributed by atoms with Crippen molar-refractivity contribution in [1.82, 2.24) is 0 Å². The van der Waals surface area contributed by atoms with E-state index in [0.29, 0.717) is 33.4 Å². The van der Waals surface area contributed by atoms with E-state index in [2.05, 4.69) is 0 Å². The lowest BCUT2D eigenvalue weighted by molar-refractivity contribution is 0.0370. The quantitative estimate of drug-likeness (QED) is 0.0794. The molecule has 6 aromatic carbocycles. The lowest BCUT2D eigenvalue weighted by Gasteiger charge is -2.29. The number of hydrogen-bond acceptors (Lipinski definition) is 6. The molecule has 3 unspecified atom stereocenters. The summed E-state index contributed by atoms with van der Waals surface area (Å²) in [6.45, 7) is 1.61. The summed E-state index contributed by atoms with van der Waals surface area (Å²) in [5.41, 5.74) is 2.97. The highest BCUT2D eigenvalue weighted by Crippen LogP contribution is 2.67. The van der Waals surface area contributed by atoms with Crippen LogP contribution in [0.1, 0.15) is 66.1 Å². The van der Waals surface area contributed by atoms with Gasteiger partial charge in [0.1, 0.15) is 6.66 Å². The van der Waals surface area contributed by atoms with E-state index in [4.69, 9.17) is 13.6 Å². The fraction of sp³-hybridized carbons (Fsp3) is 0.0930. The van der Waals surface area contributed by atoms with Gasteiger partial charge in [-0.2, -0.15) is 13.6 Å². The maximum Gasteiger partial charge on any atom is 0.411 e. The molecule has 3 atom stereocenters. The van der Waals surface area contributed by atoms with Gasteiger partial charge in [-0.15, -0.1) is 0 Å². The van der Waals surface area contributed by atoms with Crippen LogP contribution in [0.5, 0.6) is 0 Å². The molecule has 0 saturated carbocycles. The van der Waals surface area contributed by atoms with Gasteiger partial charge in [-0.3, -0.25) is 14.4 Å². The van der Waals surface area contributed by atoms with Crippen molar-refractivity contribution < 1.29 is 28.0 Å². The van der Waals surface area contributed by atoms with Gasteiger partial charge in [0, 0.05) is 16.7 Å². The second kappa shape index (κ2) is 16.4. The highest BCUT2D eigenvalue weighted by molar-refractivity contribution is 7.60. The smallest absolute Gasteiger partial charge is 0.291 e. The lowest BCUT2D eigenvalue weighted by Crippen LogP contribution is -2.25. The Morgan fingerprint density at radius 3 is 0.780 bits per heavy atom. The van der Waals surface area contributed by atoms with Gasteiger partial charge in [-0.1, -0.05) is 182 Å². The largest absolute Gasteiger partial charge is 0.411 e. The molecule has 0 saturated heterocycles. The van der Waals surface area contributed by atoms with Crippen LogP contribution >= 0.6 is 7.94 Å². The molecule has 6 aromatic rings. The summed E-state index contributed by atoms with van der Waals surface area (Å²) in [7, 11) is -3.82. The van der Waals surface area contributed by atoms with Gasteiger partial charge in [0.2, 0.25) is 17.3 Å². The van der Waals surface area contributed by atoms with Crippen LogP contribution in [0.25, 0.3) is 0 Å². The Hall–Kier alpha value is -5.36. The summed E-state index contributed by atoms with van der Waals surface area (Å²) in [6, 6.07) is 53.7. The molecule has 0 spiro atoms. The minimum absolute atomic E-state index is 0.327. The average molecular weight is 680 g/mol. The van der Waals surface area contributed by atoms with Crippen LogP contribution < -0.4 is 0 Å². The molecule has 0 N–H and O–H groups in total. The van der Waals surface area contributed by atoms with Gasteiger partial charge >= 0.3 is 7.94 Å². The number of ketones is 3. The molecule has 248 valence electrons. The standard InChI is InChI=1S/C43H36O6P/c1-50(47-41(35-26-14-5-15-27-35)38(44)32-20-8-2-9-21-32,48-42(36-28-16-6-17-29-36)39(45)33-22-10-3-11-23-33)49-43(37-30-18-7-19-31-37)40(46)34-24-12-4-13-25-34/h2-31,41-43H,1H3/q+1. The van der Waals surface area contributed by atoms with Crippen LogP contribution in [0, 0.1) is 0 Å². The molecule has 7 heteroatoms. The van der Waals surface area contributed by atoms with Crippen LogP contribution in [-0.2, 0) is 13.6 Å². The number of Topliss-reactive ketones (excluding diaryl/α,β-unsaturated/α-hetero) is 3. The zero-order valence-corrected chi connectivity index (χ0v) is 28.3. The number of benzene rings is 6. The van der Waals surface area contributed by atoms with Crippen molar-refractivity contribution in [2.45, 2.75) is 18.3 Å². The van der Waals surface area contributed by atoms with Crippen molar-refractivity contribution >= 4 is 25.3 Å². The van der Waals surface area contributed by atoms with Crippen molar-refractivity contribution in [3.8, 4) is 0 Å². The van der Waals surface area contributed by atoms with Crippen LogP contribution in [0.4, 0.5) is 0 Å². The Morgan fingerprint density at radius 1 is 0.360 bits per heavy atom. The Labute approximate surface area is 292 Å². The fourth-order valence-electron chi connectivity index (χ4n) is 5.57. The molecule has 50 heavy (non-hydrogen) atoms. The molecule has 6 nitrogen and oxygen atoms in total. The van der Waals surface area contributed by atoms with E-state index in [-0.39, 0.29) is 17.3 Å². The minimum Gasteiger partial charge on any atom is -0.291 e. The van der Waals surface area contributed by atoms with E-state index in [1.54, 1.807) is 116 Å². The van der Waals surface area contributed by atoms with E-state index < -0.39 is 26.3 Å².